The highest BCUT2D eigenvalue weighted by molar-refractivity contribution is 9.10. The first kappa shape index (κ1) is 17.1. The number of amides is 3. The fraction of sp³-hybridized carbons (Fsp3) is 0.500. The quantitative estimate of drug-likeness (QED) is 0.739. The van der Waals surface area contributed by atoms with Gasteiger partial charge in [0.05, 0.1) is 11.1 Å². The topological polar surface area (TPSA) is 57.7 Å². The highest BCUT2D eigenvalue weighted by Gasteiger charge is 2.35. The van der Waals surface area contributed by atoms with E-state index in [9.17, 15) is 14.4 Å². The molecule has 3 rings (SSSR count). The molecular weight excluding hydrogens is 372 g/mol. The average molecular weight is 393 g/mol. The Morgan fingerprint density at radius 2 is 1.83 bits per heavy atom. The SMILES string of the molecule is CC1CCN(C(=O)CCCN2C(=O)c3ccc(Br)cc3C2=O)CC1. The van der Waals surface area contributed by atoms with E-state index in [1.807, 2.05) is 4.90 Å². The molecule has 0 bridgehead atoms. The van der Waals surface area contributed by atoms with Gasteiger partial charge in [0.25, 0.3) is 11.8 Å². The van der Waals surface area contributed by atoms with Crippen LogP contribution in [-0.4, -0.2) is 47.2 Å². The van der Waals surface area contributed by atoms with Crippen molar-refractivity contribution in [2.75, 3.05) is 19.6 Å². The molecular formula is C18H21BrN2O3. The van der Waals surface area contributed by atoms with Crippen LogP contribution in [0.25, 0.3) is 0 Å². The highest BCUT2D eigenvalue weighted by atomic mass is 79.9. The molecule has 128 valence electrons. The van der Waals surface area contributed by atoms with Crippen molar-refractivity contribution in [2.24, 2.45) is 5.92 Å². The monoisotopic (exact) mass is 392 g/mol. The second-order valence-corrected chi connectivity index (χ2v) is 7.53. The summed E-state index contributed by atoms with van der Waals surface area (Å²) in [5.41, 5.74) is 0.880. The van der Waals surface area contributed by atoms with E-state index >= 15 is 0 Å². The van der Waals surface area contributed by atoms with E-state index in [0.29, 0.717) is 36.4 Å². The minimum atomic E-state index is -0.268. The number of nitrogens with zero attached hydrogens (tertiary/aromatic N) is 2. The molecule has 2 heterocycles. The van der Waals surface area contributed by atoms with E-state index in [1.54, 1.807) is 18.2 Å². The van der Waals surface area contributed by atoms with Crippen molar-refractivity contribution in [1.82, 2.24) is 9.80 Å². The van der Waals surface area contributed by atoms with Gasteiger partial charge in [-0.3, -0.25) is 19.3 Å². The second kappa shape index (κ2) is 7.05. The summed E-state index contributed by atoms with van der Waals surface area (Å²) < 4.78 is 0.777. The lowest BCUT2D eigenvalue weighted by Crippen LogP contribution is -2.38. The molecule has 0 spiro atoms. The lowest BCUT2D eigenvalue weighted by Gasteiger charge is -2.30. The summed E-state index contributed by atoms with van der Waals surface area (Å²) in [6, 6.07) is 5.10. The fourth-order valence-corrected chi connectivity index (χ4v) is 3.63. The molecule has 1 aromatic carbocycles. The Morgan fingerprint density at radius 3 is 2.54 bits per heavy atom. The third-order valence-electron chi connectivity index (χ3n) is 4.84. The largest absolute Gasteiger partial charge is 0.343 e. The minimum absolute atomic E-state index is 0.126. The molecule has 0 N–H and O–H groups in total. The molecule has 2 aliphatic heterocycles. The lowest BCUT2D eigenvalue weighted by molar-refractivity contribution is -0.132. The van der Waals surface area contributed by atoms with Crippen molar-refractivity contribution >= 4 is 33.7 Å². The maximum absolute atomic E-state index is 12.4. The van der Waals surface area contributed by atoms with Gasteiger partial charge in [0.2, 0.25) is 5.91 Å². The number of fused-ring (bicyclic) bond motifs is 1. The molecule has 0 saturated carbocycles. The standard InChI is InChI=1S/C18H21BrN2O3/c1-12-6-9-20(10-7-12)16(22)3-2-8-21-17(23)14-5-4-13(19)11-15(14)18(21)24/h4-5,11-12H,2-3,6-10H2,1H3. The highest BCUT2D eigenvalue weighted by Crippen LogP contribution is 2.26. The maximum Gasteiger partial charge on any atom is 0.261 e. The Labute approximate surface area is 150 Å². The molecule has 3 amide bonds. The zero-order valence-corrected chi connectivity index (χ0v) is 15.3. The van der Waals surface area contributed by atoms with Crippen LogP contribution in [0.2, 0.25) is 0 Å². The Kier molecular flexibility index (Phi) is 5.04. The number of halogens is 1. The zero-order valence-electron chi connectivity index (χ0n) is 13.8. The van der Waals surface area contributed by atoms with E-state index in [1.165, 1.54) is 4.90 Å². The molecule has 0 atom stereocenters. The van der Waals surface area contributed by atoms with Gasteiger partial charge in [0.15, 0.2) is 0 Å². The van der Waals surface area contributed by atoms with Gasteiger partial charge in [-0.1, -0.05) is 22.9 Å². The van der Waals surface area contributed by atoms with Gasteiger partial charge < -0.3 is 4.90 Å². The summed E-state index contributed by atoms with van der Waals surface area (Å²) in [6.07, 6.45) is 3.00. The van der Waals surface area contributed by atoms with Gasteiger partial charge >= 0.3 is 0 Å². The van der Waals surface area contributed by atoms with Gasteiger partial charge in [-0.05, 0) is 43.4 Å². The number of rotatable bonds is 4. The number of carbonyl (C=O) groups is 3. The van der Waals surface area contributed by atoms with Crippen LogP contribution in [-0.2, 0) is 4.79 Å². The van der Waals surface area contributed by atoms with Crippen LogP contribution in [0.15, 0.2) is 22.7 Å². The number of carbonyl (C=O) groups excluding carboxylic acids is 3. The van der Waals surface area contributed by atoms with Crippen molar-refractivity contribution < 1.29 is 14.4 Å². The summed E-state index contributed by atoms with van der Waals surface area (Å²) in [5, 5.41) is 0. The molecule has 6 heteroatoms. The normalized spacial score (nSPS) is 18.2. The maximum atomic E-state index is 12.4. The molecule has 2 aliphatic rings. The van der Waals surface area contributed by atoms with Crippen LogP contribution >= 0.6 is 15.9 Å². The van der Waals surface area contributed by atoms with E-state index in [4.69, 9.17) is 0 Å². The van der Waals surface area contributed by atoms with E-state index in [0.717, 1.165) is 30.4 Å². The number of hydrogen-bond acceptors (Lipinski definition) is 3. The summed E-state index contributed by atoms with van der Waals surface area (Å²) in [6.45, 7) is 4.14. The van der Waals surface area contributed by atoms with E-state index < -0.39 is 0 Å². The average Bonchev–Trinajstić information content (AvgIpc) is 2.79. The molecule has 0 aliphatic carbocycles. The summed E-state index contributed by atoms with van der Waals surface area (Å²) in [4.78, 5) is 40.1. The van der Waals surface area contributed by atoms with Crippen molar-refractivity contribution in [3.8, 4) is 0 Å². The number of piperidine rings is 1. The number of imide groups is 1. The summed E-state index contributed by atoms with van der Waals surface area (Å²) >= 11 is 3.32. The summed E-state index contributed by atoms with van der Waals surface area (Å²) in [5.74, 6) is 0.283. The first-order valence-electron chi connectivity index (χ1n) is 8.41. The molecule has 5 nitrogen and oxygen atoms in total. The number of benzene rings is 1. The van der Waals surface area contributed by atoms with Crippen LogP contribution in [0, 0.1) is 5.92 Å². The summed E-state index contributed by atoms with van der Waals surface area (Å²) in [7, 11) is 0. The van der Waals surface area contributed by atoms with Crippen molar-refractivity contribution in [3.05, 3.63) is 33.8 Å². The van der Waals surface area contributed by atoms with Crippen molar-refractivity contribution in [3.63, 3.8) is 0 Å². The predicted octanol–water partition coefficient (Wildman–Crippen LogP) is 3.08. The van der Waals surface area contributed by atoms with Crippen LogP contribution in [0.5, 0.6) is 0 Å². The molecule has 1 saturated heterocycles. The Balaban J connectivity index is 1.53. The lowest BCUT2D eigenvalue weighted by atomic mass is 9.99. The zero-order chi connectivity index (χ0) is 17.3. The smallest absolute Gasteiger partial charge is 0.261 e. The van der Waals surface area contributed by atoms with Crippen molar-refractivity contribution in [1.29, 1.82) is 0 Å². The van der Waals surface area contributed by atoms with Crippen LogP contribution in [0.4, 0.5) is 0 Å². The second-order valence-electron chi connectivity index (χ2n) is 6.62. The molecule has 0 radical (unpaired) electrons. The first-order valence-corrected chi connectivity index (χ1v) is 9.20. The molecule has 0 aromatic heterocycles. The van der Waals surface area contributed by atoms with Crippen LogP contribution in [0.3, 0.4) is 0 Å². The van der Waals surface area contributed by atoms with Gasteiger partial charge in [-0.25, -0.2) is 0 Å². The number of likely N-dealkylation sites (tertiary alicyclic amines) is 1. The fourth-order valence-electron chi connectivity index (χ4n) is 3.27. The third kappa shape index (κ3) is 3.38. The van der Waals surface area contributed by atoms with Crippen LogP contribution < -0.4 is 0 Å². The van der Waals surface area contributed by atoms with Gasteiger partial charge in [-0.15, -0.1) is 0 Å². The Morgan fingerprint density at radius 1 is 1.17 bits per heavy atom. The van der Waals surface area contributed by atoms with Gasteiger partial charge in [-0.2, -0.15) is 0 Å². The van der Waals surface area contributed by atoms with E-state index in [2.05, 4.69) is 22.9 Å². The van der Waals surface area contributed by atoms with Gasteiger partial charge in [0.1, 0.15) is 0 Å². The third-order valence-corrected chi connectivity index (χ3v) is 5.33. The number of hydrogen-bond donors (Lipinski definition) is 0. The predicted molar refractivity (Wildman–Crippen MR) is 93.7 cm³/mol. The Bertz CT molecular complexity index is 681. The minimum Gasteiger partial charge on any atom is -0.343 e. The van der Waals surface area contributed by atoms with Crippen LogP contribution in [0.1, 0.15) is 53.3 Å². The molecule has 1 fully saturated rings. The molecule has 1 aromatic rings. The molecule has 0 unspecified atom stereocenters. The van der Waals surface area contributed by atoms with Crippen molar-refractivity contribution in [2.45, 2.75) is 32.6 Å². The Hall–Kier alpha value is -1.69. The van der Waals surface area contributed by atoms with E-state index in [-0.39, 0.29) is 17.7 Å². The molecule has 24 heavy (non-hydrogen) atoms. The van der Waals surface area contributed by atoms with Gasteiger partial charge in [0, 0.05) is 30.5 Å². The first-order chi connectivity index (χ1) is 11.5.